The number of carbonyl (C=O) groups excluding carboxylic acids is 1. The summed E-state index contributed by atoms with van der Waals surface area (Å²) in [4.78, 5) is 11.1. The number of alkyl halides is 3. The van der Waals surface area contributed by atoms with Gasteiger partial charge < -0.3 is 16.4 Å². The van der Waals surface area contributed by atoms with Gasteiger partial charge in [0.1, 0.15) is 12.4 Å². The van der Waals surface area contributed by atoms with Crippen LogP contribution in [0.1, 0.15) is 12.8 Å². The van der Waals surface area contributed by atoms with Crippen LogP contribution in [0, 0.1) is 11.3 Å². The van der Waals surface area contributed by atoms with Crippen molar-refractivity contribution in [3.63, 3.8) is 0 Å². The minimum Gasteiger partial charge on any atom is -0.386 e. The molecule has 0 saturated heterocycles. The van der Waals surface area contributed by atoms with Crippen LogP contribution in [0.15, 0.2) is 0 Å². The van der Waals surface area contributed by atoms with Gasteiger partial charge in [0.25, 0.3) is 0 Å². The molecule has 1 atom stereocenters. The topological polar surface area (TPSA) is 91.0 Å². The van der Waals surface area contributed by atoms with Crippen LogP contribution in [-0.4, -0.2) is 30.6 Å². The van der Waals surface area contributed by atoms with Crippen molar-refractivity contribution < 1.29 is 18.0 Å². The molecule has 1 rings (SSSR count). The lowest BCUT2D eigenvalue weighted by Gasteiger charge is -2.17. The van der Waals surface area contributed by atoms with E-state index >= 15 is 0 Å². The van der Waals surface area contributed by atoms with Crippen LogP contribution in [-0.2, 0) is 0 Å². The van der Waals surface area contributed by atoms with E-state index in [0.29, 0.717) is 0 Å². The van der Waals surface area contributed by atoms with Crippen LogP contribution in [0.4, 0.5) is 18.0 Å². The summed E-state index contributed by atoms with van der Waals surface area (Å²) in [6.45, 7) is -1.39. The molecule has 1 unspecified atom stereocenters. The number of nitrogens with one attached hydrogen (secondary N) is 3. The molecule has 0 radical (unpaired) electrons. The van der Waals surface area contributed by atoms with E-state index in [0.717, 1.165) is 12.8 Å². The summed E-state index contributed by atoms with van der Waals surface area (Å²) in [5.74, 6) is -0.154. The molecule has 8 heteroatoms. The van der Waals surface area contributed by atoms with Crippen molar-refractivity contribution in [2.75, 3.05) is 6.54 Å². The minimum atomic E-state index is -4.44. The maximum Gasteiger partial charge on any atom is 0.405 e. The Morgan fingerprint density at radius 2 is 2.06 bits per heavy atom. The Morgan fingerprint density at radius 1 is 1.50 bits per heavy atom. The number of urea groups is 1. The van der Waals surface area contributed by atoms with E-state index in [4.69, 9.17) is 11.1 Å². The van der Waals surface area contributed by atoms with Crippen molar-refractivity contribution in [2.45, 2.75) is 25.1 Å². The Morgan fingerprint density at radius 3 is 2.44 bits per heavy atom. The van der Waals surface area contributed by atoms with Crippen molar-refractivity contribution in [3.8, 4) is 0 Å². The number of amidine groups is 1. The van der Waals surface area contributed by atoms with Gasteiger partial charge in [-0.25, -0.2) is 4.79 Å². The summed E-state index contributed by atoms with van der Waals surface area (Å²) < 4.78 is 35.3. The summed E-state index contributed by atoms with van der Waals surface area (Å²) in [6, 6.07) is -1.61. The fourth-order valence-corrected chi connectivity index (χ4v) is 1.25. The zero-order chi connectivity index (χ0) is 12.3. The van der Waals surface area contributed by atoms with Crippen molar-refractivity contribution >= 4 is 11.9 Å². The second-order valence-corrected chi connectivity index (χ2v) is 3.71. The van der Waals surface area contributed by atoms with E-state index in [2.05, 4.69) is 5.32 Å². The van der Waals surface area contributed by atoms with E-state index in [-0.39, 0.29) is 11.8 Å². The first kappa shape index (κ1) is 12.6. The first-order valence-corrected chi connectivity index (χ1v) is 4.74. The summed E-state index contributed by atoms with van der Waals surface area (Å²) >= 11 is 0. The molecular weight excluding hydrogens is 225 g/mol. The first-order valence-electron chi connectivity index (χ1n) is 4.74. The number of nitrogens with two attached hydrogens (primary N) is 1. The number of carbonyl (C=O) groups is 1. The summed E-state index contributed by atoms with van der Waals surface area (Å²) in [5, 5.41) is 11.1. The third-order valence-corrected chi connectivity index (χ3v) is 2.16. The van der Waals surface area contributed by atoms with Gasteiger partial charge in [0.15, 0.2) is 0 Å². The molecule has 5 N–H and O–H groups in total. The molecule has 0 aromatic rings. The Hall–Kier alpha value is -1.47. The highest BCUT2D eigenvalue weighted by atomic mass is 19.4. The number of hydrogen-bond acceptors (Lipinski definition) is 2. The van der Waals surface area contributed by atoms with E-state index in [1.807, 2.05) is 0 Å². The van der Waals surface area contributed by atoms with Crippen LogP contribution in [0.2, 0.25) is 0 Å². The van der Waals surface area contributed by atoms with Crippen molar-refractivity contribution in [3.05, 3.63) is 0 Å². The lowest BCUT2D eigenvalue weighted by atomic mass is 10.2. The zero-order valence-electron chi connectivity index (χ0n) is 8.40. The number of hydrogen-bond donors (Lipinski definition) is 4. The van der Waals surface area contributed by atoms with E-state index in [9.17, 15) is 18.0 Å². The minimum absolute atomic E-state index is 0.0779. The van der Waals surface area contributed by atoms with E-state index in [1.165, 1.54) is 0 Å². The van der Waals surface area contributed by atoms with Gasteiger partial charge in [0, 0.05) is 0 Å². The molecule has 5 nitrogen and oxygen atoms in total. The van der Waals surface area contributed by atoms with Gasteiger partial charge in [-0.1, -0.05) is 0 Å². The van der Waals surface area contributed by atoms with Crippen LogP contribution in [0.5, 0.6) is 0 Å². The van der Waals surface area contributed by atoms with Gasteiger partial charge in [-0.2, -0.15) is 13.2 Å². The highest BCUT2D eigenvalue weighted by molar-refractivity contribution is 5.88. The number of halogens is 3. The molecule has 2 amide bonds. The molecule has 0 aromatic carbocycles. The second kappa shape index (κ2) is 4.58. The molecule has 0 bridgehead atoms. The molecule has 0 heterocycles. The molecule has 1 aliphatic carbocycles. The van der Waals surface area contributed by atoms with Crippen molar-refractivity contribution in [1.82, 2.24) is 10.6 Å². The largest absolute Gasteiger partial charge is 0.405 e. The molecule has 1 saturated carbocycles. The molecule has 1 fully saturated rings. The van der Waals surface area contributed by atoms with Crippen LogP contribution < -0.4 is 16.4 Å². The lowest BCUT2D eigenvalue weighted by Crippen LogP contribution is -2.50. The fourth-order valence-electron chi connectivity index (χ4n) is 1.25. The van der Waals surface area contributed by atoms with Gasteiger partial charge >= 0.3 is 12.2 Å². The standard InChI is InChI=1S/C8H13F3N4O/c9-8(10,11)3-14-7(16)15-5(6(12)13)4-1-2-4/h4-5H,1-3H2,(H3,12,13)(H2,14,15,16). The predicted molar refractivity (Wildman–Crippen MR) is 51.0 cm³/mol. The number of rotatable bonds is 4. The highest BCUT2D eigenvalue weighted by Crippen LogP contribution is 2.32. The smallest absolute Gasteiger partial charge is 0.386 e. The SMILES string of the molecule is N=C(N)C(NC(=O)NCC(F)(F)F)C1CC1. The maximum atomic E-state index is 11.8. The van der Waals surface area contributed by atoms with Gasteiger partial charge in [-0.15, -0.1) is 0 Å². The molecule has 0 aliphatic heterocycles. The predicted octanol–water partition coefficient (Wildman–Crippen LogP) is 0.562. The van der Waals surface area contributed by atoms with Gasteiger partial charge in [0.2, 0.25) is 0 Å². The van der Waals surface area contributed by atoms with Gasteiger partial charge in [-0.05, 0) is 18.8 Å². The van der Waals surface area contributed by atoms with Gasteiger partial charge in [-0.3, -0.25) is 5.41 Å². The van der Waals surface area contributed by atoms with Crippen molar-refractivity contribution in [2.24, 2.45) is 11.7 Å². The fraction of sp³-hybridized carbons (Fsp3) is 0.750. The number of amides is 2. The molecule has 92 valence electrons. The Balaban J connectivity index is 2.34. The Bertz CT molecular complexity index is 287. The average molecular weight is 238 g/mol. The molecular formula is C8H13F3N4O. The Kier molecular flexibility index (Phi) is 3.61. The van der Waals surface area contributed by atoms with Crippen LogP contribution >= 0.6 is 0 Å². The summed E-state index contributed by atoms with van der Waals surface area (Å²) in [7, 11) is 0. The second-order valence-electron chi connectivity index (χ2n) is 3.71. The van der Waals surface area contributed by atoms with Crippen LogP contribution in [0.3, 0.4) is 0 Å². The molecule has 16 heavy (non-hydrogen) atoms. The normalized spacial score (nSPS) is 17.7. The van der Waals surface area contributed by atoms with Gasteiger partial charge in [0.05, 0.1) is 6.04 Å². The maximum absolute atomic E-state index is 11.8. The quantitative estimate of drug-likeness (QED) is 0.426. The monoisotopic (exact) mass is 238 g/mol. The molecule has 0 spiro atoms. The molecule has 1 aliphatic rings. The Labute approximate surface area is 90.1 Å². The van der Waals surface area contributed by atoms with E-state index in [1.54, 1.807) is 5.32 Å². The third-order valence-electron chi connectivity index (χ3n) is 2.16. The summed E-state index contributed by atoms with van der Waals surface area (Å²) in [6.07, 6.45) is -2.80. The highest BCUT2D eigenvalue weighted by Gasteiger charge is 2.35. The third kappa shape index (κ3) is 4.37. The van der Waals surface area contributed by atoms with E-state index < -0.39 is 24.8 Å². The first-order chi connectivity index (χ1) is 7.29. The molecule has 0 aromatic heterocycles. The average Bonchev–Trinajstić information content (AvgIpc) is 2.92. The van der Waals surface area contributed by atoms with Crippen LogP contribution in [0.25, 0.3) is 0 Å². The summed E-state index contributed by atoms with van der Waals surface area (Å²) in [5.41, 5.74) is 5.23. The zero-order valence-corrected chi connectivity index (χ0v) is 8.40. The lowest BCUT2D eigenvalue weighted by molar-refractivity contribution is -0.122. The van der Waals surface area contributed by atoms with Crippen molar-refractivity contribution in [1.29, 1.82) is 5.41 Å².